The minimum absolute atomic E-state index is 0.281. The van der Waals surface area contributed by atoms with Gasteiger partial charge in [-0.3, -0.25) is 0 Å². The Morgan fingerprint density at radius 2 is 2.35 bits per heavy atom. The summed E-state index contributed by atoms with van der Waals surface area (Å²) in [6, 6.07) is 4.37. The molecule has 0 bridgehead atoms. The normalized spacial score (nSPS) is 12.6. The van der Waals surface area contributed by atoms with Gasteiger partial charge in [-0.2, -0.15) is 0 Å². The molecule has 90 valence electrons. The lowest BCUT2D eigenvalue weighted by atomic mass is 10.0. The Bertz CT molecular complexity index is 489. The van der Waals surface area contributed by atoms with Crippen molar-refractivity contribution >= 4 is 23.1 Å². The monoisotopic (exact) mass is 271 g/mol. The van der Waals surface area contributed by atoms with Crippen LogP contribution in [0.4, 0.5) is 4.39 Å². The first-order valence-corrected chi connectivity index (χ1v) is 6.39. The van der Waals surface area contributed by atoms with Crippen LogP contribution in [0.1, 0.15) is 24.2 Å². The van der Waals surface area contributed by atoms with Gasteiger partial charge in [0.1, 0.15) is 5.82 Å². The second kappa shape index (κ2) is 5.53. The largest absolute Gasteiger partial charge is 0.305 e. The Kier molecular flexibility index (Phi) is 4.04. The fraction of sp³-hybridized carbons (Fsp3) is 0.273. The van der Waals surface area contributed by atoms with Crippen molar-refractivity contribution in [1.82, 2.24) is 14.9 Å². The molecule has 0 amide bonds. The first-order chi connectivity index (χ1) is 8.22. The molecule has 1 aromatic carbocycles. The van der Waals surface area contributed by atoms with Crippen LogP contribution in [-0.4, -0.2) is 16.1 Å². The number of rotatable bonds is 4. The van der Waals surface area contributed by atoms with E-state index >= 15 is 0 Å². The van der Waals surface area contributed by atoms with E-state index in [1.807, 2.05) is 6.92 Å². The van der Waals surface area contributed by atoms with Gasteiger partial charge in [0.2, 0.25) is 0 Å². The number of aromatic nitrogens is 2. The molecule has 0 spiro atoms. The number of halogens is 2. The maximum Gasteiger partial charge on any atom is 0.129 e. The van der Waals surface area contributed by atoms with E-state index in [2.05, 4.69) is 14.9 Å². The highest BCUT2D eigenvalue weighted by molar-refractivity contribution is 7.03. The van der Waals surface area contributed by atoms with Crippen molar-refractivity contribution in [3.63, 3.8) is 0 Å². The second-order valence-electron chi connectivity index (χ2n) is 3.49. The SMILES string of the molecule is CCNC(c1csnn1)c1ccc(Cl)cc1F. The van der Waals surface area contributed by atoms with Gasteiger partial charge in [-0.1, -0.05) is 29.1 Å². The van der Waals surface area contributed by atoms with E-state index in [0.29, 0.717) is 17.1 Å². The van der Waals surface area contributed by atoms with E-state index in [9.17, 15) is 4.39 Å². The summed E-state index contributed by atoms with van der Waals surface area (Å²) < 4.78 is 17.6. The second-order valence-corrected chi connectivity index (χ2v) is 4.53. The molecule has 1 aromatic heterocycles. The van der Waals surface area contributed by atoms with Gasteiger partial charge in [0.15, 0.2) is 0 Å². The molecule has 6 heteroatoms. The summed E-state index contributed by atoms with van der Waals surface area (Å²) in [5, 5.41) is 9.36. The van der Waals surface area contributed by atoms with Gasteiger partial charge in [-0.15, -0.1) is 5.10 Å². The Balaban J connectivity index is 2.39. The van der Waals surface area contributed by atoms with Gasteiger partial charge in [-0.25, -0.2) is 4.39 Å². The van der Waals surface area contributed by atoms with Crippen molar-refractivity contribution in [3.05, 3.63) is 45.7 Å². The van der Waals surface area contributed by atoms with Crippen LogP contribution >= 0.6 is 23.1 Å². The molecule has 0 aliphatic carbocycles. The predicted octanol–water partition coefficient (Wildman–Crippen LogP) is 3.03. The van der Waals surface area contributed by atoms with Crippen LogP contribution in [-0.2, 0) is 0 Å². The lowest BCUT2D eigenvalue weighted by molar-refractivity contribution is 0.551. The Labute approximate surface area is 108 Å². The lowest BCUT2D eigenvalue weighted by Crippen LogP contribution is -2.23. The summed E-state index contributed by atoms with van der Waals surface area (Å²) in [5.74, 6) is -0.337. The molecular weight excluding hydrogens is 261 g/mol. The Morgan fingerprint density at radius 1 is 1.53 bits per heavy atom. The van der Waals surface area contributed by atoms with E-state index in [1.165, 1.54) is 17.6 Å². The molecule has 0 saturated carbocycles. The first-order valence-electron chi connectivity index (χ1n) is 5.17. The zero-order valence-corrected chi connectivity index (χ0v) is 10.7. The highest BCUT2D eigenvalue weighted by Gasteiger charge is 2.19. The third kappa shape index (κ3) is 2.80. The topological polar surface area (TPSA) is 37.8 Å². The summed E-state index contributed by atoms with van der Waals surface area (Å²) in [5.41, 5.74) is 1.25. The number of hydrogen-bond acceptors (Lipinski definition) is 4. The molecule has 0 saturated heterocycles. The zero-order chi connectivity index (χ0) is 12.3. The Morgan fingerprint density at radius 3 is 2.94 bits per heavy atom. The van der Waals surface area contributed by atoms with E-state index in [-0.39, 0.29) is 11.9 Å². The van der Waals surface area contributed by atoms with Crippen LogP contribution in [0.3, 0.4) is 0 Å². The van der Waals surface area contributed by atoms with E-state index in [1.54, 1.807) is 17.5 Å². The van der Waals surface area contributed by atoms with Gasteiger partial charge in [0, 0.05) is 16.0 Å². The number of nitrogens with one attached hydrogen (secondary N) is 1. The third-order valence-electron chi connectivity index (χ3n) is 2.35. The quantitative estimate of drug-likeness (QED) is 0.929. The third-order valence-corrected chi connectivity index (χ3v) is 3.11. The number of nitrogens with zero attached hydrogens (tertiary/aromatic N) is 2. The summed E-state index contributed by atoms with van der Waals surface area (Å²) in [6.45, 7) is 2.67. The van der Waals surface area contributed by atoms with Crippen molar-refractivity contribution in [1.29, 1.82) is 0 Å². The lowest BCUT2D eigenvalue weighted by Gasteiger charge is -2.16. The molecule has 2 rings (SSSR count). The standard InChI is InChI=1S/C11H11ClFN3S/c1-2-14-11(10-6-17-16-15-10)8-4-3-7(12)5-9(8)13/h3-6,11,14H,2H2,1H3. The maximum atomic E-state index is 13.8. The van der Waals surface area contributed by atoms with E-state index in [0.717, 1.165) is 5.69 Å². The highest BCUT2D eigenvalue weighted by Crippen LogP contribution is 2.25. The van der Waals surface area contributed by atoms with Gasteiger partial charge >= 0.3 is 0 Å². The van der Waals surface area contributed by atoms with Crippen molar-refractivity contribution < 1.29 is 4.39 Å². The molecule has 1 unspecified atom stereocenters. The summed E-state index contributed by atoms with van der Waals surface area (Å²) in [7, 11) is 0. The fourth-order valence-electron chi connectivity index (χ4n) is 1.61. The van der Waals surface area contributed by atoms with Crippen molar-refractivity contribution in [3.8, 4) is 0 Å². The van der Waals surface area contributed by atoms with Crippen LogP contribution in [0.5, 0.6) is 0 Å². The van der Waals surface area contributed by atoms with Crippen LogP contribution in [0, 0.1) is 5.82 Å². The molecule has 1 heterocycles. The average Bonchev–Trinajstić information content (AvgIpc) is 2.80. The molecule has 1 N–H and O–H groups in total. The summed E-state index contributed by atoms with van der Waals surface area (Å²) in [6.07, 6.45) is 0. The molecule has 3 nitrogen and oxygen atoms in total. The Hall–Kier alpha value is -1.04. The molecule has 0 radical (unpaired) electrons. The number of benzene rings is 1. The minimum atomic E-state index is -0.337. The van der Waals surface area contributed by atoms with Gasteiger partial charge in [0.25, 0.3) is 0 Å². The molecule has 0 aliphatic heterocycles. The molecule has 1 atom stereocenters. The smallest absolute Gasteiger partial charge is 0.129 e. The van der Waals surface area contributed by atoms with Gasteiger partial charge in [0.05, 0.1) is 11.7 Å². The van der Waals surface area contributed by atoms with Gasteiger partial charge in [-0.05, 0) is 30.2 Å². The van der Waals surface area contributed by atoms with Crippen molar-refractivity contribution in [2.75, 3.05) is 6.54 Å². The number of hydrogen-bond donors (Lipinski definition) is 1. The fourth-order valence-corrected chi connectivity index (χ4v) is 2.25. The van der Waals surface area contributed by atoms with Crippen LogP contribution in [0.25, 0.3) is 0 Å². The van der Waals surface area contributed by atoms with Crippen LogP contribution in [0.15, 0.2) is 23.6 Å². The van der Waals surface area contributed by atoms with E-state index in [4.69, 9.17) is 11.6 Å². The molecular formula is C11H11ClFN3S. The first kappa shape index (κ1) is 12.4. The van der Waals surface area contributed by atoms with Gasteiger partial charge < -0.3 is 5.32 Å². The van der Waals surface area contributed by atoms with Crippen molar-refractivity contribution in [2.24, 2.45) is 0 Å². The summed E-state index contributed by atoms with van der Waals surface area (Å²) >= 11 is 6.99. The predicted molar refractivity (Wildman–Crippen MR) is 66.8 cm³/mol. The van der Waals surface area contributed by atoms with E-state index < -0.39 is 0 Å². The average molecular weight is 272 g/mol. The molecule has 0 aliphatic rings. The van der Waals surface area contributed by atoms with Crippen LogP contribution < -0.4 is 5.32 Å². The molecule has 0 fully saturated rings. The zero-order valence-electron chi connectivity index (χ0n) is 9.15. The minimum Gasteiger partial charge on any atom is -0.305 e. The van der Waals surface area contributed by atoms with Crippen LogP contribution in [0.2, 0.25) is 5.02 Å². The maximum absolute atomic E-state index is 13.8. The molecule has 2 aromatic rings. The van der Waals surface area contributed by atoms with Crippen molar-refractivity contribution in [2.45, 2.75) is 13.0 Å². The molecule has 17 heavy (non-hydrogen) atoms. The summed E-state index contributed by atoms with van der Waals surface area (Å²) in [4.78, 5) is 0. The highest BCUT2D eigenvalue weighted by atomic mass is 35.5.